The van der Waals surface area contributed by atoms with Crippen LogP contribution in [0, 0.1) is 5.82 Å². The molecule has 4 rings (SSSR count). The van der Waals surface area contributed by atoms with E-state index in [1.54, 1.807) is 40.0 Å². The highest BCUT2D eigenvalue weighted by atomic mass is 32.2. The Labute approximate surface area is 189 Å². The number of nitrogens with zero attached hydrogens (tertiary/aromatic N) is 3. The first-order chi connectivity index (χ1) is 14.9. The number of thiophene rings is 1. The fourth-order valence-electron chi connectivity index (χ4n) is 4.09. The highest BCUT2D eigenvalue weighted by Crippen LogP contribution is 2.35. The minimum Gasteiger partial charge on any atom is -0.340 e. The zero-order valence-corrected chi connectivity index (χ0v) is 19.6. The van der Waals surface area contributed by atoms with Crippen LogP contribution in [-0.4, -0.2) is 32.7 Å². The van der Waals surface area contributed by atoms with E-state index in [2.05, 4.69) is 0 Å². The molecule has 2 heterocycles. The Morgan fingerprint density at radius 3 is 2.87 bits per heavy atom. The Balaban J connectivity index is 1.58. The molecule has 2 aromatic heterocycles. The number of halogens is 1. The van der Waals surface area contributed by atoms with Gasteiger partial charge in [0.25, 0.3) is 5.56 Å². The van der Waals surface area contributed by atoms with E-state index in [1.165, 1.54) is 34.3 Å². The highest BCUT2D eigenvalue weighted by molar-refractivity contribution is 8.00. The number of amides is 1. The lowest BCUT2D eigenvalue weighted by atomic mass is 9.97. The minimum absolute atomic E-state index is 0.00200. The van der Waals surface area contributed by atoms with Crippen molar-refractivity contribution >= 4 is 39.2 Å². The molecule has 0 bridgehead atoms. The summed E-state index contributed by atoms with van der Waals surface area (Å²) >= 11 is 2.94. The van der Waals surface area contributed by atoms with Crippen LogP contribution in [0.25, 0.3) is 10.2 Å². The predicted octanol–water partition coefficient (Wildman–Crippen LogP) is 4.64. The summed E-state index contributed by atoms with van der Waals surface area (Å²) in [5.41, 5.74) is 1.92. The second-order valence-electron chi connectivity index (χ2n) is 7.92. The summed E-state index contributed by atoms with van der Waals surface area (Å²) in [5, 5.41) is 0.932. The summed E-state index contributed by atoms with van der Waals surface area (Å²) in [6.07, 6.45) is 4.24. The lowest BCUT2D eigenvalue weighted by Crippen LogP contribution is -2.33. The van der Waals surface area contributed by atoms with Gasteiger partial charge in [0.15, 0.2) is 5.16 Å². The van der Waals surface area contributed by atoms with E-state index >= 15 is 0 Å². The summed E-state index contributed by atoms with van der Waals surface area (Å²) in [4.78, 5) is 34.7. The number of aromatic nitrogens is 2. The highest BCUT2D eigenvalue weighted by Gasteiger charge is 2.25. The molecule has 3 aromatic rings. The maximum Gasteiger partial charge on any atom is 0.263 e. The molecule has 164 valence electrons. The fourth-order valence-corrected chi connectivity index (χ4v) is 6.48. The summed E-state index contributed by atoms with van der Waals surface area (Å²) in [5.74, 6) is -0.402. The summed E-state index contributed by atoms with van der Waals surface area (Å²) < 4.78 is 15.1. The number of carbonyl (C=O) groups excluding carboxylic acids is 1. The van der Waals surface area contributed by atoms with Gasteiger partial charge in [0.05, 0.1) is 10.6 Å². The lowest BCUT2D eigenvalue weighted by molar-refractivity contribution is -0.129. The molecule has 1 atom stereocenters. The molecule has 0 fully saturated rings. The average Bonchev–Trinajstić information content (AvgIpc) is 3.11. The third-order valence-corrected chi connectivity index (χ3v) is 7.93. The van der Waals surface area contributed by atoms with Crippen LogP contribution in [0.15, 0.2) is 34.2 Å². The first-order valence-electron chi connectivity index (χ1n) is 10.6. The molecule has 1 unspecified atom stereocenters. The number of aryl methyl sites for hydroxylation is 2. The Kier molecular flexibility index (Phi) is 6.48. The van der Waals surface area contributed by atoms with Gasteiger partial charge in [-0.1, -0.05) is 23.9 Å². The molecule has 31 heavy (non-hydrogen) atoms. The number of hydrogen-bond donors (Lipinski definition) is 0. The predicted molar refractivity (Wildman–Crippen MR) is 124 cm³/mol. The van der Waals surface area contributed by atoms with E-state index in [0.29, 0.717) is 18.2 Å². The molecule has 1 aliphatic carbocycles. The monoisotopic (exact) mass is 459 g/mol. The van der Waals surface area contributed by atoms with Crippen LogP contribution in [0.2, 0.25) is 0 Å². The van der Waals surface area contributed by atoms with Gasteiger partial charge in [-0.2, -0.15) is 0 Å². The van der Waals surface area contributed by atoms with Gasteiger partial charge < -0.3 is 4.90 Å². The van der Waals surface area contributed by atoms with E-state index in [-0.39, 0.29) is 17.3 Å². The van der Waals surface area contributed by atoms with Crippen LogP contribution in [0.5, 0.6) is 0 Å². The summed E-state index contributed by atoms with van der Waals surface area (Å²) in [6, 6.07) is 6.26. The van der Waals surface area contributed by atoms with E-state index in [0.717, 1.165) is 41.5 Å². The van der Waals surface area contributed by atoms with Crippen molar-refractivity contribution in [3.8, 4) is 0 Å². The summed E-state index contributed by atoms with van der Waals surface area (Å²) in [6.45, 7) is 4.59. The molecule has 1 aromatic carbocycles. The Morgan fingerprint density at radius 2 is 2.13 bits per heavy atom. The van der Waals surface area contributed by atoms with Crippen molar-refractivity contribution in [2.75, 3.05) is 7.05 Å². The minimum atomic E-state index is -0.421. The number of rotatable bonds is 6. The van der Waals surface area contributed by atoms with Crippen LogP contribution >= 0.6 is 23.1 Å². The molecule has 0 saturated heterocycles. The maximum atomic E-state index is 13.5. The fraction of sp³-hybridized carbons (Fsp3) is 0.435. The molecule has 0 aliphatic heterocycles. The second-order valence-corrected chi connectivity index (χ2v) is 10.3. The van der Waals surface area contributed by atoms with Crippen molar-refractivity contribution in [1.29, 1.82) is 0 Å². The van der Waals surface area contributed by atoms with Gasteiger partial charge in [-0.05, 0) is 62.8 Å². The van der Waals surface area contributed by atoms with Crippen molar-refractivity contribution in [3.63, 3.8) is 0 Å². The number of carbonyl (C=O) groups is 1. The molecule has 8 heteroatoms. The van der Waals surface area contributed by atoms with Gasteiger partial charge in [-0.25, -0.2) is 9.37 Å². The Hall–Kier alpha value is -2.19. The molecule has 0 N–H and O–H groups in total. The summed E-state index contributed by atoms with van der Waals surface area (Å²) in [7, 11) is 1.71. The van der Waals surface area contributed by atoms with E-state index in [1.807, 2.05) is 13.8 Å². The third kappa shape index (κ3) is 4.41. The number of benzene rings is 1. The Morgan fingerprint density at radius 1 is 1.35 bits per heavy atom. The van der Waals surface area contributed by atoms with Gasteiger partial charge >= 0.3 is 0 Å². The van der Waals surface area contributed by atoms with Crippen LogP contribution < -0.4 is 5.56 Å². The Bertz CT molecular complexity index is 1190. The van der Waals surface area contributed by atoms with Crippen molar-refractivity contribution in [1.82, 2.24) is 14.5 Å². The van der Waals surface area contributed by atoms with Gasteiger partial charge in [-0.15, -0.1) is 11.3 Å². The SMILES string of the molecule is CCn1c(SC(C)C(=O)N(C)Cc2cccc(F)c2)nc2sc3c(c2c1=O)CCCC3. The van der Waals surface area contributed by atoms with Crippen molar-refractivity contribution in [2.24, 2.45) is 0 Å². The van der Waals surface area contributed by atoms with Crippen LogP contribution in [0.1, 0.15) is 42.7 Å². The number of hydrogen-bond acceptors (Lipinski definition) is 5. The lowest BCUT2D eigenvalue weighted by Gasteiger charge is -2.22. The molecular formula is C23H26FN3O2S2. The van der Waals surface area contributed by atoms with E-state index in [4.69, 9.17) is 4.98 Å². The number of fused-ring (bicyclic) bond motifs is 3. The van der Waals surface area contributed by atoms with Crippen LogP contribution in [0.3, 0.4) is 0 Å². The van der Waals surface area contributed by atoms with Crippen molar-refractivity contribution in [2.45, 2.75) is 63.0 Å². The van der Waals surface area contributed by atoms with Gasteiger partial charge in [0.1, 0.15) is 10.6 Å². The smallest absolute Gasteiger partial charge is 0.263 e. The van der Waals surface area contributed by atoms with Crippen LogP contribution in [-0.2, 0) is 30.7 Å². The molecule has 0 spiro atoms. The van der Waals surface area contributed by atoms with Gasteiger partial charge in [0, 0.05) is 25.0 Å². The van der Waals surface area contributed by atoms with E-state index < -0.39 is 5.25 Å². The van der Waals surface area contributed by atoms with Gasteiger partial charge in [-0.3, -0.25) is 14.2 Å². The second kappa shape index (κ2) is 9.12. The number of thioether (sulfide) groups is 1. The van der Waals surface area contributed by atoms with Crippen molar-refractivity contribution in [3.05, 3.63) is 56.4 Å². The van der Waals surface area contributed by atoms with Crippen LogP contribution in [0.4, 0.5) is 4.39 Å². The molecule has 5 nitrogen and oxygen atoms in total. The first-order valence-corrected chi connectivity index (χ1v) is 12.3. The first kappa shape index (κ1) is 22.0. The molecule has 1 aliphatic rings. The third-order valence-electron chi connectivity index (χ3n) is 5.67. The average molecular weight is 460 g/mol. The van der Waals surface area contributed by atoms with Gasteiger partial charge in [0.2, 0.25) is 5.91 Å². The normalized spacial score (nSPS) is 14.5. The quantitative estimate of drug-likeness (QED) is 0.398. The zero-order chi connectivity index (χ0) is 22.1. The molecule has 0 radical (unpaired) electrons. The molecular weight excluding hydrogens is 433 g/mol. The van der Waals surface area contributed by atoms with Crippen molar-refractivity contribution < 1.29 is 9.18 Å². The zero-order valence-electron chi connectivity index (χ0n) is 18.0. The largest absolute Gasteiger partial charge is 0.340 e. The standard InChI is InChI=1S/C23H26FN3O2S2/c1-4-27-22(29)19-17-10-5-6-11-18(17)31-20(19)25-23(27)30-14(2)21(28)26(3)13-15-8-7-9-16(24)12-15/h7-9,12,14H,4-6,10-11,13H2,1-3H3. The topological polar surface area (TPSA) is 55.2 Å². The van der Waals surface area contributed by atoms with E-state index in [9.17, 15) is 14.0 Å². The molecule has 0 saturated carbocycles. The maximum absolute atomic E-state index is 13.5. The molecule has 1 amide bonds.